The van der Waals surface area contributed by atoms with Crippen molar-refractivity contribution in [2.24, 2.45) is 5.10 Å². The molecule has 198 valence electrons. The summed E-state index contributed by atoms with van der Waals surface area (Å²) in [5.74, 6) is 0.159. The molecule has 0 saturated carbocycles. The Morgan fingerprint density at radius 3 is 2.12 bits per heavy atom. The second-order valence-electron chi connectivity index (χ2n) is 9.45. The number of ether oxygens (including phenoxy) is 2. The topological polar surface area (TPSA) is 77.0 Å². The summed E-state index contributed by atoms with van der Waals surface area (Å²) in [6, 6.07) is 33.5. The molecule has 1 N–H and O–H groups in total. The first kappa shape index (κ1) is 26.4. The second-order valence-corrected chi connectivity index (χ2v) is 9.45. The summed E-state index contributed by atoms with van der Waals surface area (Å²) in [7, 11) is 0. The van der Waals surface area contributed by atoms with Crippen molar-refractivity contribution < 1.29 is 19.1 Å². The van der Waals surface area contributed by atoms with Crippen molar-refractivity contribution in [3.8, 4) is 11.5 Å². The van der Waals surface area contributed by atoms with Crippen LogP contribution in [-0.2, 0) is 6.61 Å². The van der Waals surface area contributed by atoms with Gasteiger partial charge >= 0.3 is 5.97 Å². The molecule has 1 amide bonds. The molecule has 0 radical (unpaired) electrons. The molecule has 6 heteroatoms. The number of amides is 1. The first-order chi connectivity index (χ1) is 19.5. The molecule has 0 bridgehead atoms. The Morgan fingerprint density at radius 1 is 0.750 bits per heavy atom. The minimum Gasteiger partial charge on any atom is -0.489 e. The van der Waals surface area contributed by atoms with E-state index in [0.717, 1.165) is 21.9 Å². The number of fused-ring (bicyclic) bond motifs is 1. The summed E-state index contributed by atoms with van der Waals surface area (Å²) < 4.78 is 11.6. The smallest absolute Gasteiger partial charge is 0.343 e. The van der Waals surface area contributed by atoms with Crippen LogP contribution in [0.3, 0.4) is 0 Å². The van der Waals surface area contributed by atoms with Crippen LogP contribution in [0.4, 0.5) is 0 Å². The van der Waals surface area contributed by atoms with E-state index >= 15 is 0 Å². The number of hydrogen-bond donors (Lipinski definition) is 1. The molecule has 0 fully saturated rings. The third-order valence-electron chi connectivity index (χ3n) is 6.42. The lowest BCUT2D eigenvalue weighted by Gasteiger charge is -2.11. The van der Waals surface area contributed by atoms with E-state index in [1.165, 1.54) is 11.8 Å². The van der Waals surface area contributed by atoms with Crippen LogP contribution in [0.2, 0.25) is 0 Å². The molecule has 0 aliphatic heterocycles. The lowest BCUT2D eigenvalue weighted by molar-refractivity contribution is 0.0734. The fourth-order valence-corrected chi connectivity index (χ4v) is 4.12. The predicted molar refractivity (Wildman–Crippen MR) is 157 cm³/mol. The number of rotatable bonds is 8. The lowest BCUT2D eigenvalue weighted by Crippen LogP contribution is -2.17. The maximum Gasteiger partial charge on any atom is 0.343 e. The first-order valence-electron chi connectivity index (χ1n) is 12.9. The van der Waals surface area contributed by atoms with E-state index in [-0.39, 0.29) is 5.91 Å². The highest BCUT2D eigenvalue weighted by Gasteiger charge is 2.14. The van der Waals surface area contributed by atoms with Gasteiger partial charge in [0.2, 0.25) is 0 Å². The highest BCUT2D eigenvalue weighted by molar-refractivity contribution is 6.04. The number of carbonyl (C=O) groups is 2. The van der Waals surface area contributed by atoms with Crippen LogP contribution >= 0.6 is 0 Å². The minimum absolute atomic E-state index is 0.345. The zero-order valence-corrected chi connectivity index (χ0v) is 22.3. The minimum atomic E-state index is -0.473. The van der Waals surface area contributed by atoms with Crippen molar-refractivity contribution in [1.29, 1.82) is 0 Å². The molecule has 0 aliphatic carbocycles. The molecular formula is C34H28N2O4. The van der Waals surface area contributed by atoms with Gasteiger partial charge in [0.15, 0.2) is 0 Å². The standard InChI is InChI=1S/C34H28N2O4/c1-23-7-11-25(12-8-23)22-39-29-18-15-27(16-19-29)33(37)36-35-21-31-30-6-4-3-5-26(30)17-20-32(31)40-34(38)28-13-9-24(2)10-14-28/h3-21H,22H2,1-2H3,(H,36,37)/b35-21-. The maximum absolute atomic E-state index is 12.8. The number of nitrogens with one attached hydrogen (secondary N) is 1. The van der Waals surface area contributed by atoms with Gasteiger partial charge in [-0.05, 0) is 72.6 Å². The van der Waals surface area contributed by atoms with Crippen molar-refractivity contribution in [1.82, 2.24) is 5.43 Å². The van der Waals surface area contributed by atoms with Gasteiger partial charge in [-0.15, -0.1) is 0 Å². The van der Waals surface area contributed by atoms with E-state index in [9.17, 15) is 9.59 Å². The van der Waals surface area contributed by atoms with Crippen molar-refractivity contribution in [2.45, 2.75) is 20.5 Å². The summed E-state index contributed by atoms with van der Waals surface area (Å²) in [4.78, 5) is 25.5. The highest BCUT2D eigenvalue weighted by atomic mass is 16.5. The molecular weight excluding hydrogens is 500 g/mol. The van der Waals surface area contributed by atoms with Gasteiger partial charge in [0.05, 0.1) is 11.8 Å². The Balaban J connectivity index is 1.28. The average Bonchev–Trinajstić information content (AvgIpc) is 2.98. The molecule has 0 saturated heterocycles. The number of aryl methyl sites for hydroxylation is 2. The monoisotopic (exact) mass is 528 g/mol. The quantitative estimate of drug-likeness (QED) is 0.102. The highest BCUT2D eigenvalue weighted by Crippen LogP contribution is 2.27. The predicted octanol–water partition coefficient (Wildman–Crippen LogP) is 7.02. The molecule has 0 aliphatic rings. The molecule has 0 unspecified atom stereocenters. The molecule has 0 heterocycles. The van der Waals surface area contributed by atoms with Crippen molar-refractivity contribution in [3.63, 3.8) is 0 Å². The van der Waals surface area contributed by atoms with E-state index in [4.69, 9.17) is 9.47 Å². The van der Waals surface area contributed by atoms with Gasteiger partial charge in [0.25, 0.3) is 5.91 Å². The van der Waals surface area contributed by atoms with Crippen LogP contribution in [0.15, 0.2) is 114 Å². The van der Waals surface area contributed by atoms with Crippen molar-refractivity contribution in [2.75, 3.05) is 0 Å². The molecule has 5 aromatic carbocycles. The summed E-state index contributed by atoms with van der Waals surface area (Å²) >= 11 is 0. The Labute approximate surface area is 232 Å². The van der Waals surface area contributed by atoms with Crippen molar-refractivity contribution >= 4 is 28.9 Å². The van der Waals surface area contributed by atoms with Gasteiger partial charge in [-0.25, -0.2) is 10.2 Å². The van der Waals surface area contributed by atoms with E-state index in [1.54, 1.807) is 42.5 Å². The van der Waals surface area contributed by atoms with Gasteiger partial charge in [-0.2, -0.15) is 5.10 Å². The van der Waals surface area contributed by atoms with Crippen LogP contribution < -0.4 is 14.9 Å². The molecule has 5 rings (SSSR count). The SMILES string of the molecule is Cc1ccc(COc2ccc(C(=O)N/N=C\c3c(OC(=O)c4ccc(C)cc4)ccc4ccccc34)cc2)cc1. The van der Waals surface area contributed by atoms with Crippen LogP contribution in [0.5, 0.6) is 11.5 Å². The Hall–Kier alpha value is -5.23. The van der Waals surface area contributed by atoms with E-state index in [0.29, 0.717) is 34.8 Å². The van der Waals surface area contributed by atoms with Gasteiger partial charge in [0.1, 0.15) is 18.1 Å². The largest absolute Gasteiger partial charge is 0.489 e. The Bertz CT molecular complexity index is 1670. The second kappa shape index (κ2) is 12.1. The number of hydrazone groups is 1. The third-order valence-corrected chi connectivity index (χ3v) is 6.42. The summed E-state index contributed by atoms with van der Waals surface area (Å²) in [5, 5.41) is 5.97. The third kappa shape index (κ3) is 6.42. The van der Waals surface area contributed by atoms with E-state index in [2.05, 4.69) is 10.5 Å². The molecule has 0 spiro atoms. The molecule has 5 aromatic rings. The molecule has 6 nitrogen and oxygen atoms in total. The Morgan fingerprint density at radius 2 is 1.40 bits per heavy atom. The zero-order chi connectivity index (χ0) is 27.9. The van der Waals surface area contributed by atoms with E-state index < -0.39 is 5.97 Å². The van der Waals surface area contributed by atoms with Crippen LogP contribution in [0.25, 0.3) is 10.8 Å². The maximum atomic E-state index is 12.8. The summed E-state index contributed by atoms with van der Waals surface area (Å²) in [6.45, 7) is 4.44. The fraction of sp³-hybridized carbons (Fsp3) is 0.0882. The first-order valence-corrected chi connectivity index (χ1v) is 12.9. The summed E-state index contributed by atoms with van der Waals surface area (Å²) in [6.07, 6.45) is 1.50. The van der Waals surface area contributed by atoms with Crippen LogP contribution in [0.1, 0.15) is 43.0 Å². The lowest BCUT2D eigenvalue weighted by atomic mass is 10.0. The van der Waals surface area contributed by atoms with Gasteiger partial charge in [0, 0.05) is 11.1 Å². The zero-order valence-electron chi connectivity index (χ0n) is 22.3. The average molecular weight is 529 g/mol. The van der Waals surface area contributed by atoms with Gasteiger partial charge in [-0.3, -0.25) is 4.79 Å². The van der Waals surface area contributed by atoms with Crippen LogP contribution in [-0.4, -0.2) is 18.1 Å². The summed E-state index contributed by atoms with van der Waals surface area (Å²) in [5.41, 5.74) is 7.34. The molecule has 0 aromatic heterocycles. The van der Waals surface area contributed by atoms with Gasteiger partial charge in [-0.1, -0.05) is 77.9 Å². The number of esters is 1. The Kier molecular flexibility index (Phi) is 7.97. The number of hydrogen-bond acceptors (Lipinski definition) is 5. The fourth-order valence-electron chi connectivity index (χ4n) is 4.12. The van der Waals surface area contributed by atoms with Crippen LogP contribution in [0, 0.1) is 13.8 Å². The van der Waals surface area contributed by atoms with E-state index in [1.807, 2.05) is 80.6 Å². The van der Waals surface area contributed by atoms with Gasteiger partial charge < -0.3 is 9.47 Å². The molecule has 40 heavy (non-hydrogen) atoms. The number of carbonyl (C=O) groups excluding carboxylic acids is 2. The molecule has 0 atom stereocenters. The van der Waals surface area contributed by atoms with Crippen molar-refractivity contribution in [3.05, 3.63) is 143 Å². The number of benzene rings is 5. The normalized spacial score (nSPS) is 10.9. The number of nitrogens with zero attached hydrogens (tertiary/aromatic N) is 1.